The van der Waals surface area contributed by atoms with Crippen LogP contribution in [0.15, 0.2) is 71.9 Å². The molecule has 0 saturated heterocycles. The summed E-state index contributed by atoms with van der Waals surface area (Å²) in [6.45, 7) is -0.344. The Bertz CT molecular complexity index is 994. The number of imidazole rings is 1. The summed E-state index contributed by atoms with van der Waals surface area (Å²) in [4.78, 5) is 29.7. The number of hydrogen-bond acceptors (Lipinski definition) is 5. The molecule has 0 saturated carbocycles. The summed E-state index contributed by atoms with van der Waals surface area (Å²) in [5.74, 6) is 0.387. The van der Waals surface area contributed by atoms with E-state index in [1.165, 1.54) is 11.8 Å². The quantitative estimate of drug-likeness (QED) is 0.399. The lowest BCUT2D eigenvalue weighted by molar-refractivity contribution is -0.148. The van der Waals surface area contributed by atoms with E-state index in [9.17, 15) is 9.59 Å². The van der Waals surface area contributed by atoms with Crippen molar-refractivity contribution < 1.29 is 14.3 Å². The SMILES string of the molecule is Cn1ccnc1C(NC(=O)COC(=O)CCSc1ccccc1Cl)c1ccccc1. The number of carbonyl (C=O) groups excluding carboxylic acids is 2. The summed E-state index contributed by atoms with van der Waals surface area (Å²) in [7, 11) is 1.86. The third-order valence-electron chi connectivity index (χ3n) is 4.32. The first-order valence-corrected chi connectivity index (χ1v) is 10.8. The molecule has 1 heterocycles. The van der Waals surface area contributed by atoms with E-state index in [2.05, 4.69) is 10.3 Å². The molecule has 2 aromatic carbocycles. The van der Waals surface area contributed by atoms with Crippen LogP contribution < -0.4 is 5.32 Å². The lowest BCUT2D eigenvalue weighted by atomic mass is 10.1. The molecule has 6 nitrogen and oxygen atoms in total. The Morgan fingerprint density at radius 1 is 1.17 bits per heavy atom. The van der Waals surface area contributed by atoms with E-state index in [0.717, 1.165) is 10.5 Å². The van der Waals surface area contributed by atoms with Gasteiger partial charge in [-0.3, -0.25) is 9.59 Å². The smallest absolute Gasteiger partial charge is 0.307 e. The van der Waals surface area contributed by atoms with Crippen LogP contribution in [0.25, 0.3) is 0 Å². The molecular formula is C22H22ClN3O3S. The summed E-state index contributed by atoms with van der Waals surface area (Å²) in [5, 5.41) is 3.55. The van der Waals surface area contributed by atoms with Gasteiger partial charge in [0.1, 0.15) is 11.9 Å². The molecule has 1 aromatic heterocycles. The van der Waals surface area contributed by atoms with Crippen molar-refractivity contribution in [1.29, 1.82) is 0 Å². The fourth-order valence-electron chi connectivity index (χ4n) is 2.82. The first kappa shape index (κ1) is 21.9. The van der Waals surface area contributed by atoms with E-state index in [0.29, 0.717) is 16.6 Å². The number of rotatable bonds is 9. The zero-order valence-electron chi connectivity index (χ0n) is 16.5. The van der Waals surface area contributed by atoms with Crippen LogP contribution in [0, 0.1) is 0 Å². The minimum absolute atomic E-state index is 0.185. The van der Waals surface area contributed by atoms with Gasteiger partial charge in [-0.15, -0.1) is 11.8 Å². The average Bonchev–Trinajstić information content (AvgIpc) is 3.18. The molecule has 1 N–H and O–H groups in total. The van der Waals surface area contributed by atoms with Crippen molar-refractivity contribution in [2.75, 3.05) is 12.4 Å². The van der Waals surface area contributed by atoms with Gasteiger partial charge in [-0.25, -0.2) is 4.98 Å². The fourth-order valence-corrected chi connectivity index (χ4v) is 3.99. The molecular weight excluding hydrogens is 422 g/mol. The average molecular weight is 444 g/mol. The van der Waals surface area contributed by atoms with Crippen molar-refractivity contribution in [2.45, 2.75) is 17.4 Å². The maximum Gasteiger partial charge on any atom is 0.307 e. The van der Waals surface area contributed by atoms with Crippen LogP contribution in [-0.4, -0.2) is 33.8 Å². The molecule has 0 spiro atoms. The molecule has 1 unspecified atom stereocenters. The van der Waals surface area contributed by atoms with Gasteiger partial charge >= 0.3 is 5.97 Å². The zero-order chi connectivity index (χ0) is 21.3. The van der Waals surface area contributed by atoms with Crippen LogP contribution in [0.4, 0.5) is 0 Å². The molecule has 156 valence electrons. The standard InChI is InChI=1S/C22H22ClN3O3S/c1-26-13-12-24-22(26)21(16-7-3-2-4-8-16)25-19(27)15-29-20(28)11-14-30-18-10-6-5-9-17(18)23/h2-10,12-13,21H,11,14-15H2,1H3,(H,25,27). The number of esters is 1. The van der Waals surface area contributed by atoms with Crippen molar-refractivity contribution in [3.8, 4) is 0 Å². The maximum atomic E-state index is 12.4. The summed E-state index contributed by atoms with van der Waals surface area (Å²) in [6.07, 6.45) is 3.67. The van der Waals surface area contributed by atoms with E-state index >= 15 is 0 Å². The van der Waals surface area contributed by atoms with Crippen molar-refractivity contribution in [3.05, 3.63) is 83.4 Å². The van der Waals surface area contributed by atoms with Gasteiger partial charge in [0.2, 0.25) is 0 Å². The molecule has 30 heavy (non-hydrogen) atoms. The second-order valence-corrected chi connectivity index (χ2v) is 8.04. The molecule has 0 aliphatic heterocycles. The van der Waals surface area contributed by atoms with Gasteiger partial charge < -0.3 is 14.6 Å². The predicted octanol–water partition coefficient (Wildman–Crippen LogP) is 4.00. The first-order chi connectivity index (χ1) is 14.5. The Labute approximate surface area is 184 Å². The number of amides is 1. The van der Waals surface area contributed by atoms with Crippen LogP contribution in [-0.2, 0) is 21.4 Å². The second kappa shape index (κ2) is 10.8. The van der Waals surface area contributed by atoms with Crippen LogP contribution in [0.5, 0.6) is 0 Å². The minimum Gasteiger partial charge on any atom is -0.456 e. The first-order valence-electron chi connectivity index (χ1n) is 9.39. The third kappa shape index (κ3) is 6.11. The van der Waals surface area contributed by atoms with E-state index in [1.54, 1.807) is 12.3 Å². The van der Waals surface area contributed by atoms with E-state index < -0.39 is 12.0 Å². The predicted molar refractivity (Wildman–Crippen MR) is 117 cm³/mol. The number of nitrogens with zero attached hydrogens (tertiary/aromatic N) is 2. The Morgan fingerprint density at radius 2 is 1.90 bits per heavy atom. The van der Waals surface area contributed by atoms with Crippen molar-refractivity contribution in [3.63, 3.8) is 0 Å². The molecule has 1 atom stereocenters. The Balaban J connectivity index is 1.50. The molecule has 3 rings (SSSR count). The Kier molecular flexibility index (Phi) is 7.93. The lowest BCUT2D eigenvalue weighted by Crippen LogP contribution is -2.34. The molecule has 0 radical (unpaired) electrons. The van der Waals surface area contributed by atoms with Gasteiger partial charge in [0.05, 0.1) is 11.4 Å². The number of aromatic nitrogens is 2. The summed E-state index contributed by atoms with van der Waals surface area (Å²) < 4.78 is 6.97. The normalized spacial score (nSPS) is 11.7. The topological polar surface area (TPSA) is 73.2 Å². The number of aryl methyl sites for hydroxylation is 1. The highest BCUT2D eigenvalue weighted by Gasteiger charge is 2.21. The van der Waals surface area contributed by atoms with Crippen LogP contribution in [0.1, 0.15) is 23.9 Å². The molecule has 3 aromatic rings. The number of nitrogens with one attached hydrogen (secondary N) is 1. The number of halogens is 1. The fraction of sp³-hybridized carbons (Fsp3) is 0.227. The molecule has 0 bridgehead atoms. The van der Waals surface area contributed by atoms with E-state index in [4.69, 9.17) is 16.3 Å². The summed E-state index contributed by atoms with van der Waals surface area (Å²) in [5.41, 5.74) is 0.891. The number of ether oxygens (including phenoxy) is 1. The van der Waals surface area contributed by atoms with Crippen molar-refractivity contribution >= 4 is 35.2 Å². The monoisotopic (exact) mass is 443 g/mol. The van der Waals surface area contributed by atoms with Gasteiger partial charge in [0.25, 0.3) is 5.91 Å². The molecule has 8 heteroatoms. The molecule has 1 amide bonds. The molecule has 0 aliphatic rings. The Morgan fingerprint density at radius 3 is 2.60 bits per heavy atom. The number of hydrogen-bond donors (Lipinski definition) is 1. The minimum atomic E-state index is -0.437. The second-order valence-electron chi connectivity index (χ2n) is 6.50. The van der Waals surface area contributed by atoms with E-state index in [-0.39, 0.29) is 18.9 Å². The van der Waals surface area contributed by atoms with Crippen LogP contribution >= 0.6 is 23.4 Å². The van der Waals surface area contributed by atoms with Gasteiger partial charge in [-0.05, 0) is 17.7 Å². The number of thioether (sulfide) groups is 1. The van der Waals surface area contributed by atoms with Crippen molar-refractivity contribution in [1.82, 2.24) is 14.9 Å². The lowest BCUT2D eigenvalue weighted by Gasteiger charge is -2.19. The highest BCUT2D eigenvalue weighted by Crippen LogP contribution is 2.27. The largest absolute Gasteiger partial charge is 0.456 e. The van der Waals surface area contributed by atoms with Gasteiger partial charge in [-0.2, -0.15) is 0 Å². The van der Waals surface area contributed by atoms with Crippen molar-refractivity contribution in [2.24, 2.45) is 7.05 Å². The molecule has 0 fully saturated rings. The highest BCUT2D eigenvalue weighted by molar-refractivity contribution is 7.99. The third-order valence-corrected chi connectivity index (χ3v) is 5.84. The summed E-state index contributed by atoms with van der Waals surface area (Å²) in [6, 6.07) is 16.5. The van der Waals surface area contributed by atoms with E-state index in [1.807, 2.05) is 66.3 Å². The van der Waals surface area contributed by atoms with Gasteiger partial charge in [0, 0.05) is 30.1 Å². The van der Waals surface area contributed by atoms with Gasteiger partial charge in [-0.1, -0.05) is 54.1 Å². The number of carbonyl (C=O) groups is 2. The summed E-state index contributed by atoms with van der Waals surface area (Å²) >= 11 is 7.57. The molecule has 0 aliphatic carbocycles. The van der Waals surface area contributed by atoms with Gasteiger partial charge in [0.15, 0.2) is 6.61 Å². The van der Waals surface area contributed by atoms with Crippen LogP contribution in [0.2, 0.25) is 5.02 Å². The number of benzene rings is 2. The highest BCUT2D eigenvalue weighted by atomic mass is 35.5. The van der Waals surface area contributed by atoms with Crippen LogP contribution in [0.3, 0.4) is 0 Å². The maximum absolute atomic E-state index is 12.4. The zero-order valence-corrected chi connectivity index (χ0v) is 18.0. The Hall–Kier alpha value is -2.77.